The Morgan fingerprint density at radius 2 is 2.12 bits per heavy atom. The van der Waals surface area contributed by atoms with E-state index in [4.69, 9.17) is 10.2 Å². The van der Waals surface area contributed by atoms with Crippen molar-refractivity contribution in [1.29, 1.82) is 5.26 Å². The van der Waals surface area contributed by atoms with E-state index < -0.39 is 0 Å². The first-order valence-corrected chi connectivity index (χ1v) is 8.96. The molecule has 0 aliphatic carbocycles. The zero-order chi connectivity index (χ0) is 17.2. The van der Waals surface area contributed by atoms with Crippen LogP contribution in [0.15, 0.2) is 42.5 Å². The minimum atomic E-state index is 0.683. The molecule has 1 aliphatic rings. The molecule has 4 nitrogen and oxygen atoms in total. The van der Waals surface area contributed by atoms with Gasteiger partial charge in [-0.2, -0.15) is 5.26 Å². The Morgan fingerprint density at radius 3 is 2.92 bits per heavy atom. The highest BCUT2D eigenvalue weighted by Crippen LogP contribution is 2.24. The van der Waals surface area contributed by atoms with E-state index in [1.807, 2.05) is 24.3 Å². The first-order valence-electron chi connectivity index (χ1n) is 8.96. The van der Waals surface area contributed by atoms with E-state index in [2.05, 4.69) is 41.1 Å². The van der Waals surface area contributed by atoms with Crippen molar-refractivity contribution in [2.75, 3.05) is 13.1 Å². The molecular weight excluding hydrogens is 308 g/mol. The summed E-state index contributed by atoms with van der Waals surface area (Å²) in [7, 11) is 0. The molecule has 1 atom stereocenters. The fourth-order valence-corrected chi connectivity index (χ4v) is 3.70. The molecule has 4 rings (SSSR count). The van der Waals surface area contributed by atoms with Crippen molar-refractivity contribution in [2.45, 2.75) is 32.2 Å². The number of imidazole rings is 1. The van der Waals surface area contributed by atoms with Gasteiger partial charge in [-0.15, -0.1) is 0 Å². The van der Waals surface area contributed by atoms with Crippen LogP contribution in [-0.4, -0.2) is 34.0 Å². The fraction of sp³-hybridized carbons (Fsp3) is 0.333. The van der Waals surface area contributed by atoms with Crippen LogP contribution >= 0.6 is 0 Å². The number of aromatic amines is 1. The van der Waals surface area contributed by atoms with Gasteiger partial charge in [0.2, 0.25) is 0 Å². The molecule has 1 unspecified atom stereocenters. The maximum absolute atomic E-state index is 9.08. The van der Waals surface area contributed by atoms with Gasteiger partial charge in [0, 0.05) is 19.0 Å². The second-order valence-electron chi connectivity index (χ2n) is 6.89. The minimum Gasteiger partial charge on any atom is -0.342 e. The monoisotopic (exact) mass is 330 g/mol. The quantitative estimate of drug-likeness (QED) is 0.782. The van der Waals surface area contributed by atoms with Crippen LogP contribution in [0, 0.1) is 11.3 Å². The van der Waals surface area contributed by atoms with E-state index in [0.29, 0.717) is 11.6 Å². The molecule has 0 spiro atoms. The number of H-pyrrole nitrogens is 1. The first kappa shape index (κ1) is 15.9. The maximum atomic E-state index is 9.08. The lowest BCUT2D eigenvalue weighted by atomic mass is 10.0. The molecule has 4 heteroatoms. The van der Waals surface area contributed by atoms with Gasteiger partial charge < -0.3 is 9.88 Å². The Balaban J connectivity index is 1.55. The third-order valence-electron chi connectivity index (χ3n) is 5.18. The van der Waals surface area contributed by atoms with Crippen molar-refractivity contribution in [3.8, 4) is 17.2 Å². The number of aromatic nitrogens is 2. The van der Waals surface area contributed by atoms with Crippen molar-refractivity contribution in [3.63, 3.8) is 0 Å². The van der Waals surface area contributed by atoms with Gasteiger partial charge in [0.25, 0.3) is 0 Å². The highest BCUT2D eigenvalue weighted by atomic mass is 15.2. The van der Waals surface area contributed by atoms with Crippen molar-refractivity contribution in [2.24, 2.45) is 0 Å². The lowest BCUT2D eigenvalue weighted by Crippen LogP contribution is -2.29. The lowest BCUT2D eigenvalue weighted by molar-refractivity contribution is 0.271. The van der Waals surface area contributed by atoms with Gasteiger partial charge >= 0.3 is 0 Å². The van der Waals surface area contributed by atoms with Crippen LogP contribution < -0.4 is 0 Å². The molecule has 1 fully saturated rings. The van der Waals surface area contributed by atoms with Crippen LogP contribution in [0.25, 0.3) is 22.2 Å². The summed E-state index contributed by atoms with van der Waals surface area (Å²) in [5, 5.41) is 9.08. The van der Waals surface area contributed by atoms with Crippen LogP contribution in [0.5, 0.6) is 0 Å². The Bertz CT molecular complexity index is 934. The van der Waals surface area contributed by atoms with E-state index >= 15 is 0 Å². The number of hydrogen-bond acceptors (Lipinski definition) is 3. The zero-order valence-electron chi connectivity index (χ0n) is 14.5. The number of fused-ring (bicyclic) bond motifs is 1. The van der Waals surface area contributed by atoms with Crippen molar-refractivity contribution >= 4 is 11.0 Å². The molecule has 3 aromatic rings. The number of hydrogen-bond donors (Lipinski definition) is 1. The number of rotatable bonds is 4. The average Bonchev–Trinajstić information content (AvgIpc) is 3.24. The summed E-state index contributed by atoms with van der Waals surface area (Å²) < 4.78 is 0. The van der Waals surface area contributed by atoms with Crippen LogP contribution in [0.2, 0.25) is 0 Å². The Hall–Kier alpha value is -2.64. The summed E-state index contributed by atoms with van der Waals surface area (Å²) in [6.07, 6.45) is 3.58. The van der Waals surface area contributed by atoms with E-state index in [1.165, 1.54) is 19.4 Å². The predicted octanol–water partition coefficient (Wildman–Crippen LogP) is 4.13. The second kappa shape index (κ2) is 6.70. The van der Waals surface area contributed by atoms with Gasteiger partial charge in [0.1, 0.15) is 5.82 Å². The molecule has 1 saturated heterocycles. The van der Waals surface area contributed by atoms with Crippen LogP contribution in [0.1, 0.15) is 31.2 Å². The number of nitrogens with one attached hydrogen (secondary N) is 1. The van der Waals surface area contributed by atoms with E-state index in [1.54, 1.807) is 0 Å². The molecule has 0 radical (unpaired) electrons. The van der Waals surface area contributed by atoms with Crippen LogP contribution in [0.4, 0.5) is 0 Å². The molecule has 2 heterocycles. The summed E-state index contributed by atoms with van der Waals surface area (Å²) in [5.41, 5.74) is 4.91. The van der Waals surface area contributed by atoms with Gasteiger partial charge in [0.15, 0.2) is 0 Å². The molecule has 1 N–H and O–H groups in total. The molecular formula is C21H22N4. The maximum Gasteiger partial charge on any atom is 0.108 e. The van der Waals surface area contributed by atoms with Crippen LogP contribution in [0.3, 0.4) is 0 Å². The van der Waals surface area contributed by atoms with Gasteiger partial charge in [-0.05, 0) is 61.7 Å². The molecule has 126 valence electrons. The SMILES string of the molecule is CC1CCCN1CCc1nc2ccc(-c3cccc(C#N)c3)cc2[nH]1. The van der Waals surface area contributed by atoms with Gasteiger partial charge in [-0.25, -0.2) is 4.98 Å². The molecule has 25 heavy (non-hydrogen) atoms. The van der Waals surface area contributed by atoms with Crippen LogP contribution in [-0.2, 0) is 6.42 Å². The predicted molar refractivity (Wildman–Crippen MR) is 100 cm³/mol. The Kier molecular flexibility index (Phi) is 4.25. The van der Waals surface area contributed by atoms with Gasteiger partial charge in [-0.1, -0.05) is 18.2 Å². The lowest BCUT2D eigenvalue weighted by Gasteiger charge is -2.19. The summed E-state index contributed by atoms with van der Waals surface area (Å²) in [5.74, 6) is 1.05. The minimum absolute atomic E-state index is 0.683. The largest absolute Gasteiger partial charge is 0.342 e. The Morgan fingerprint density at radius 1 is 1.24 bits per heavy atom. The fourth-order valence-electron chi connectivity index (χ4n) is 3.70. The number of benzene rings is 2. The second-order valence-corrected chi connectivity index (χ2v) is 6.89. The van der Waals surface area contributed by atoms with E-state index in [-0.39, 0.29) is 0 Å². The smallest absolute Gasteiger partial charge is 0.108 e. The molecule has 1 aliphatic heterocycles. The number of nitrogens with zero attached hydrogens (tertiary/aromatic N) is 3. The van der Waals surface area contributed by atoms with Crippen molar-refractivity contribution in [3.05, 3.63) is 53.9 Å². The molecule has 0 amide bonds. The summed E-state index contributed by atoms with van der Waals surface area (Å²) in [6.45, 7) is 4.59. The van der Waals surface area contributed by atoms with E-state index in [0.717, 1.165) is 41.0 Å². The summed E-state index contributed by atoms with van der Waals surface area (Å²) in [6, 6.07) is 16.9. The number of likely N-dealkylation sites (tertiary alicyclic amines) is 1. The highest BCUT2D eigenvalue weighted by Gasteiger charge is 2.19. The normalized spacial score (nSPS) is 17.8. The van der Waals surface area contributed by atoms with Crippen molar-refractivity contribution < 1.29 is 0 Å². The third-order valence-corrected chi connectivity index (χ3v) is 5.18. The molecule has 1 aromatic heterocycles. The molecule has 0 bridgehead atoms. The topological polar surface area (TPSA) is 55.7 Å². The van der Waals surface area contributed by atoms with Crippen molar-refractivity contribution in [1.82, 2.24) is 14.9 Å². The third kappa shape index (κ3) is 3.29. The first-order chi connectivity index (χ1) is 12.2. The highest BCUT2D eigenvalue weighted by molar-refractivity contribution is 5.82. The van der Waals surface area contributed by atoms with E-state index in [9.17, 15) is 0 Å². The number of nitriles is 1. The zero-order valence-corrected chi connectivity index (χ0v) is 14.5. The van der Waals surface area contributed by atoms with Gasteiger partial charge in [-0.3, -0.25) is 0 Å². The Labute approximate surface area is 148 Å². The summed E-state index contributed by atoms with van der Waals surface area (Å²) >= 11 is 0. The average molecular weight is 330 g/mol. The molecule has 0 saturated carbocycles. The summed E-state index contributed by atoms with van der Waals surface area (Å²) in [4.78, 5) is 10.8. The van der Waals surface area contributed by atoms with Gasteiger partial charge in [0.05, 0.1) is 22.7 Å². The standard InChI is InChI=1S/C21H22N4/c1-15-4-3-10-25(15)11-9-21-23-19-8-7-18(13-20(19)24-21)17-6-2-5-16(12-17)14-22/h2,5-8,12-13,15H,3-4,9-11H2,1H3,(H,23,24). The molecule has 2 aromatic carbocycles.